The number of anilines is 2. The van der Waals surface area contributed by atoms with Gasteiger partial charge in [0.15, 0.2) is 20.0 Å². The lowest BCUT2D eigenvalue weighted by Crippen LogP contribution is -2.35. The van der Waals surface area contributed by atoms with Gasteiger partial charge in [0.1, 0.15) is 22.2 Å². The molecule has 2 N–H and O–H groups in total. The van der Waals surface area contributed by atoms with Crippen molar-refractivity contribution >= 4 is 43.2 Å². The van der Waals surface area contributed by atoms with Gasteiger partial charge in [0.2, 0.25) is 0 Å². The van der Waals surface area contributed by atoms with Gasteiger partial charge in [0.25, 0.3) is 5.91 Å². The van der Waals surface area contributed by atoms with Crippen molar-refractivity contribution in [2.24, 2.45) is 5.92 Å². The molecule has 5 rings (SSSR count). The average molecular weight is 587 g/mol. The van der Waals surface area contributed by atoms with Crippen LogP contribution in [0, 0.1) is 5.92 Å². The molecule has 0 spiro atoms. The Morgan fingerprint density at radius 2 is 1.75 bits per heavy atom. The Morgan fingerprint density at radius 1 is 1.02 bits per heavy atom. The molecular formula is C27H30N4O7S2. The van der Waals surface area contributed by atoms with Gasteiger partial charge in [-0.15, -0.1) is 0 Å². The largest absolute Gasteiger partial charge is 0.491 e. The highest BCUT2D eigenvalue weighted by molar-refractivity contribution is 7.92. The normalized spacial score (nSPS) is 16.1. The molecule has 11 nitrogen and oxygen atoms in total. The van der Waals surface area contributed by atoms with Gasteiger partial charge in [-0.2, -0.15) is 0 Å². The van der Waals surface area contributed by atoms with Gasteiger partial charge in [-0.25, -0.2) is 18.4 Å². The molecule has 1 aliphatic carbocycles. The van der Waals surface area contributed by atoms with Gasteiger partial charge in [-0.3, -0.25) is 14.9 Å². The van der Waals surface area contributed by atoms with E-state index < -0.39 is 21.7 Å². The summed E-state index contributed by atoms with van der Waals surface area (Å²) in [6, 6.07) is 7.77. The van der Waals surface area contributed by atoms with Crippen LogP contribution in [0.4, 0.5) is 10.1 Å². The zero-order chi connectivity index (χ0) is 28.4. The molecule has 40 heavy (non-hydrogen) atoms. The summed E-state index contributed by atoms with van der Waals surface area (Å²) in [4.78, 5) is 34.9. The third-order valence-corrected chi connectivity index (χ3v) is 9.73. The van der Waals surface area contributed by atoms with E-state index in [-0.39, 0.29) is 27.9 Å². The molecule has 1 aromatic carbocycles. The van der Waals surface area contributed by atoms with Crippen molar-refractivity contribution in [3.05, 3.63) is 48.3 Å². The topological polar surface area (TPSA) is 148 Å². The number of nitrogens with zero attached hydrogens (tertiary/aromatic N) is 3. The van der Waals surface area contributed by atoms with Crippen LogP contribution in [0.5, 0.6) is 17.2 Å². The SMILES string of the molecule is CC(C)Oc1cc(Oc2ccc(S(=O)(=O)C3CC3)nc2)cc(C(=O)Nc2ncc(N3CCC(C(=O)O)CC3)s2)c1. The summed E-state index contributed by atoms with van der Waals surface area (Å²) in [5.41, 5.74) is 0.285. The number of carboxylic acids is 1. The third-order valence-electron chi connectivity index (χ3n) is 6.58. The fourth-order valence-electron chi connectivity index (χ4n) is 4.37. The van der Waals surface area contributed by atoms with Crippen molar-refractivity contribution in [1.82, 2.24) is 9.97 Å². The highest BCUT2D eigenvalue weighted by Gasteiger charge is 2.37. The standard InChI is InChI=1S/C27H30N4O7S2/c1-16(2)37-20-11-18(12-21(13-20)38-19-3-6-23(28-14-19)40(35,36)22-4-5-22)25(32)30-27-29-15-24(39-27)31-9-7-17(8-10-31)26(33)34/h3,6,11-17,22H,4-5,7-10H2,1-2H3,(H,33,34)(H,29,30,32). The minimum Gasteiger partial charge on any atom is -0.491 e. The van der Waals surface area contributed by atoms with Crippen molar-refractivity contribution in [3.63, 3.8) is 0 Å². The lowest BCUT2D eigenvalue weighted by Gasteiger charge is -2.30. The first-order chi connectivity index (χ1) is 19.1. The number of aromatic nitrogens is 2. The van der Waals surface area contributed by atoms with Gasteiger partial charge in [0, 0.05) is 24.7 Å². The maximum atomic E-state index is 13.2. The number of sulfone groups is 1. The zero-order valence-electron chi connectivity index (χ0n) is 22.1. The Balaban J connectivity index is 1.29. The number of carbonyl (C=O) groups excluding carboxylic acids is 1. The zero-order valence-corrected chi connectivity index (χ0v) is 23.7. The van der Waals surface area contributed by atoms with Crippen molar-refractivity contribution in [2.45, 2.75) is 55.9 Å². The first-order valence-electron chi connectivity index (χ1n) is 13.0. The third kappa shape index (κ3) is 6.53. The second-order valence-electron chi connectivity index (χ2n) is 10.1. The molecule has 212 valence electrons. The molecule has 1 amide bonds. The Kier molecular flexibility index (Phi) is 7.95. The van der Waals surface area contributed by atoms with Crippen LogP contribution in [-0.4, -0.2) is 59.8 Å². The number of ether oxygens (including phenoxy) is 2. The van der Waals surface area contributed by atoms with Crippen LogP contribution >= 0.6 is 11.3 Å². The molecule has 0 radical (unpaired) electrons. The number of hydrogen-bond donors (Lipinski definition) is 2. The molecule has 2 aliphatic rings. The van der Waals surface area contributed by atoms with Crippen LogP contribution < -0.4 is 19.7 Å². The van der Waals surface area contributed by atoms with Crippen LogP contribution in [0.15, 0.2) is 47.8 Å². The first-order valence-corrected chi connectivity index (χ1v) is 15.4. The van der Waals surface area contributed by atoms with Crippen LogP contribution in [0.3, 0.4) is 0 Å². The summed E-state index contributed by atoms with van der Waals surface area (Å²) in [6.07, 6.45) is 5.32. The fraction of sp³-hybridized carbons (Fsp3) is 0.407. The number of thiazole rings is 1. The summed E-state index contributed by atoms with van der Waals surface area (Å²) in [5, 5.41) is 13.0. The van der Waals surface area contributed by atoms with Gasteiger partial charge < -0.3 is 19.5 Å². The van der Waals surface area contributed by atoms with Crippen molar-refractivity contribution in [1.29, 1.82) is 0 Å². The number of carboxylic acid groups (broad SMARTS) is 1. The van der Waals surface area contributed by atoms with E-state index in [2.05, 4.69) is 20.2 Å². The predicted molar refractivity (Wildman–Crippen MR) is 149 cm³/mol. The summed E-state index contributed by atoms with van der Waals surface area (Å²) in [5.74, 6) is -0.431. The lowest BCUT2D eigenvalue weighted by molar-refractivity contribution is -0.142. The van der Waals surface area contributed by atoms with Gasteiger partial charge >= 0.3 is 5.97 Å². The molecule has 1 aliphatic heterocycles. The molecule has 0 unspecified atom stereocenters. The summed E-state index contributed by atoms with van der Waals surface area (Å²) in [6.45, 7) is 4.97. The molecule has 13 heteroatoms. The van der Waals surface area contributed by atoms with Gasteiger partial charge in [-0.05, 0) is 63.8 Å². The second-order valence-corrected chi connectivity index (χ2v) is 13.3. The number of nitrogens with one attached hydrogen (secondary N) is 1. The van der Waals surface area contributed by atoms with Crippen LogP contribution in [0.1, 0.15) is 49.9 Å². The fourth-order valence-corrected chi connectivity index (χ4v) is 6.79. The van der Waals surface area contributed by atoms with E-state index >= 15 is 0 Å². The Hall–Kier alpha value is -3.71. The van der Waals surface area contributed by atoms with E-state index in [0.717, 1.165) is 5.00 Å². The average Bonchev–Trinajstić information content (AvgIpc) is 3.68. The Morgan fingerprint density at radius 3 is 2.38 bits per heavy atom. The molecule has 1 saturated heterocycles. The second kappa shape index (κ2) is 11.4. The van der Waals surface area contributed by atoms with E-state index in [9.17, 15) is 23.1 Å². The number of piperidine rings is 1. The molecular weight excluding hydrogens is 556 g/mol. The molecule has 0 bridgehead atoms. The van der Waals surface area contributed by atoms with E-state index in [4.69, 9.17) is 9.47 Å². The minimum atomic E-state index is -3.41. The number of benzene rings is 1. The quantitative estimate of drug-likeness (QED) is 0.345. The molecule has 3 aromatic rings. The monoisotopic (exact) mass is 586 g/mol. The predicted octanol–water partition coefficient (Wildman–Crippen LogP) is 4.61. The van der Waals surface area contributed by atoms with E-state index in [1.807, 2.05) is 13.8 Å². The van der Waals surface area contributed by atoms with Crippen molar-refractivity contribution in [2.75, 3.05) is 23.3 Å². The molecule has 2 fully saturated rings. The van der Waals surface area contributed by atoms with Crippen molar-refractivity contribution in [3.8, 4) is 17.2 Å². The summed E-state index contributed by atoms with van der Waals surface area (Å²) in [7, 11) is -3.41. The van der Waals surface area contributed by atoms with Crippen LogP contribution in [0.25, 0.3) is 0 Å². The molecule has 1 saturated carbocycles. The smallest absolute Gasteiger partial charge is 0.306 e. The first kappa shape index (κ1) is 27.8. The summed E-state index contributed by atoms with van der Waals surface area (Å²) < 4.78 is 36.6. The number of rotatable bonds is 10. The summed E-state index contributed by atoms with van der Waals surface area (Å²) >= 11 is 1.32. The number of aliphatic carboxylic acids is 1. The number of hydrogen-bond acceptors (Lipinski definition) is 10. The van der Waals surface area contributed by atoms with Gasteiger partial charge in [0.05, 0.1) is 29.7 Å². The van der Waals surface area contributed by atoms with E-state index in [1.54, 1.807) is 24.4 Å². The van der Waals surface area contributed by atoms with Gasteiger partial charge in [-0.1, -0.05) is 11.3 Å². The Bertz CT molecular complexity index is 1490. The van der Waals surface area contributed by atoms with E-state index in [0.29, 0.717) is 61.2 Å². The molecule has 0 atom stereocenters. The number of amides is 1. The maximum Gasteiger partial charge on any atom is 0.306 e. The molecule has 3 heterocycles. The van der Waals surface area contributed by atoms with E-state index in [1.165, 1.54) is 29.7 Å². The highest BCUT2D eigenvalue weighted by Crippen LogP contribution is 2.34. The number of carbonyl (C=O) groups is 2. The Labute approximate surface area is 236 Å². The van der Waals surface area contributed by atoms with Crippen molar-refractivity contribution < 1.29 is 32.6 Å². The number of pyridine rings is 1. The molecule has 2 aromatic heterocycles. The van der Waals surface area contributed by atoms with Crippen LogP contribution in [0.2, 0.25) is 0 Å². The lowest BCUT2D eigenvalue weighted by atomic mass is 9.97. The maximum absolute atomic E-state index is 13.2. The minimum absolute atomic E-state index is 0.0217. The highest BCUT2D eigenvalue weighted by atomic mass is 32.2. The van der Waals surface area contributed by atoms with Crippen LogP contribution in [-0.2, 0) is 14.6 Å².